The van der Waals surface area contributed by atoms with Crippen LogP contribution < -0.4 is 11.1 Å². The Hall–Kier alpha value is -1.32. The molecule has 0 fully saturated rings. The summed E-state index contributed by atoms with van der Waals surface area (Å²) in [5, 5.41) is 3.27. The maximum atomic E-state index is 5.69. The molecule has 0 bridgehead atoms. The quantitative estimate of drug-likeness (QED) is 0.705. The normalized spacial score (nSPS) is 12.4. The van der Waals surface area contributed by atoms with Crippen LogP contribution >= 0.6 is 0 Å². The van der Waals surface area contributed by atoms with Gasteiger partial charge in [0.15, 0.2) is 11.6 Å². The SMILES string of the molecule is CCCCCC(C)Nc1nccnc1N. The molecule has 0 saturated carbocycles. The number of aromatic nitrogens is 2. The average Bonchev–Trinajstić information content (AvgIpc) is 2.22. The molecule has 0 radical (unpaired) electrons. The number of nitrogen functional groups attached to an aromatic ring is 1. The number of nitrogens with two attached hydrogens (primary N) is 1. The second-order valence-corrected chi connectivity index (χ2v) is 3.83. The Bertz CT molecular complexity index is 288. The Morgan fingerprint density at radius 2 is 2.07 bits per heavy atom. The highest BCUT2D eigenvalue weighted by atomic mass is 15.1. The largest absolute Gasteiger partial charge is 0.381 e. The molecule has 1 aromatic rings. The van der Waals surface area contributed by atoms with Crippen LogP contribution in [0.5, 0.6) is 0 Å². The van der Waals surface area contributed by atoms with Crippen LogP contribution in [0.3, 0.4) is 0 Å². The summed E-state index contributed by atoms with van der Waals surface area (Å²) in [6.07, 6.45) is 8.16. The smallest absolute Gasteiger partial charge is 0.169 e. The number of rotatable bonds is 6. The molecule has 15 heavy (non-hydrogen) atoms. The van der Waals surface area contributed by atoms with E-state index in [0.29, 0.717) is 17.7 Å². The predicted octanol–water partition coefficient (Wildman–Crippen LogP) is 2.44. The molecule has 0 saturated heterocycles. The molecule has 0 amide bonds. The van der Waals surface area contributed by atoms with Crippen LogP contribution in [0.15, 0.2) is 12.4 Å². The first kappa shape index (κ1) is 11.8. The van der Waals surface area contributed by atoms with Crippen LogP contribution in [-0.2, 0) is 0 Å². The van der Waals surface area contributed by atoms with Crippen molar-refractivity contribution in [3.8, 4) is 0 Å². The van der Waals surface area contributed by atoms with Gasteiger partial charge in [-0.2, -0.15) is 0 Å². The lowest BCUT2D eigenvalue weighted by Gasteiger charge is -2.14. The molecular formula is C11H20N4. The van der Waals surface area contributed by atoms with Crippen LogP contribution in [-0.4, -0.2) is 16.0 Å². The van der Waals surface area contributed by atoms with Gasteiger partial charge in [0.05, 0.1) is 0 Å². The van der Waals surface area contributed by atoms with Crippen molar-refractivity contribution >= 4 is 11.6 Å². The van der Waals surface area contributed by atoms with Gasteiger partial charge in [0.1, 0.15) is 0 Å². The third-order valence-corrected chi connectivity index (χ3v) is 2.35. The van der Waals surface area contributed by atoms with Gasteiger partial charge >= 0.3 is 0 Å². The van der Waals surface area contributed by atoms with Crippen LogP contribution in [0, 0.1) is 0 Å². The zero-order chi connectivity index (χ0) is 11.1. The number of nitrogens with one attached hydrogen (secondary N) is 1. The first-order valence-corrected chi connectivity index (χ1v) is 5.57. The van der Waals surface area contributed by atoms with Gasteiger partial charge in [0, 0.05) is 18.4 Å². The van der Waals surface area contributed by atoms with E-state index in [2.05, 4.69) is 29.1 Å². The summed E-state index contributed by atoms with van der Waals surface area (Å²) >= 11 is 0. The molecule has 1 heterocycles. The van der Waals surface area contributed by atoms with Crippen molar-refractivity contribution in [1.29, 1.82) is 0 Å². The average molecular weight is 208 g/mol. The van der Waals surface area contributed by atoms with Gasteiger partial charge in [-0.05, 0) is 13.3 Å². The lowest BCUT2D eigenvalue weighted by atomic mass is 10.1. The van der Waals surface area contributed by atoms with Crippen molar-refractivity contribution < 1.29 is 0 Å². The molecule has 4 heteroatoms. The van der Waals surface area contributed by atoms with Crippen LogP contribution in [0.2, 0.25) is 0 Å². The second-order valence-electron chi connectivity index (χ2n) is 3.83. The second kappa shape index (κ2) is 6.22. The molecule has 1 unspecified atom stereocenters. The van der Waals surface area contributed by atoms with Gasteiger partial charge in [0.2, 0.25) is 0 Å². The lowest BCUT2D eigenvalue weighted by molar-refractivity contribution is 0.614. The van der Waals surface area contributed by atoms with Crippen LogP contribution in [0.4, 0.5) is 11.6 Å². The maximum absolute atomic E-state index is 5.69. The Balaban J connectivity index is 2.37. The van der Waals surface area contributed by atoms with Gasteiger partial charge < -0.3 is 11.1 Å². The molecule has 1 atom stereocenters. The van der Waals surface area contributed by atoms with Crippen LogP contribution in [0.1, 0.15) is 39.5 Å². The minimum atomic E-state index is 0.399. The Morgan fingerprint density at radius 3 is 2.73 bits per heavy atom. The number of anilines is 2. The van der Waals surface area contributed by atoms with Crippen molar-refractivity contribution in [1.82, 2.24) is 9.97 Å². The van der Waals surface area contributed by atoms with E-state index in [1.165, 1.54) is 19.3 Å². The highest BCUT2D eigenvalue weighted by molar-refractivity contribution is 5.55. The van der Waals surface area contributed by atoms with Crippen LogP contribution in [0.25, 0.3) is 0 Å². The number of hydrogen-bond acceptors (Lipinski definition) is 4. The van der Waals surface area contributed by atoms with Crippen molar-refractivity contribution in [3.05, 3.63) is 12.4 Å². The highest BCUT2D eigenvalue weighted by Gasteiger charge is 2.05. The Kier molecular flexibility index (Phi) is 4.87. The maximum Gasteiger partial charge on any atom is 0.169 e. The topological polar surface area (TPSA) is 63.8 Å². The summed E-state index contributed by atoms with van der Waals surface area (Å²) in [4.78, 5) is 8.13. The number of hydrogen-bond donors (Lipinski definition) is 2. The van der Waals surface area contributed by atoms with E-state index in [-0.39, 0.29) is 0 Å². The number of nitrogens with zero attached hydrogens (tertiary/aromatic N) is 2. The predicted molar refractivity (Wildman–Crippen MR) is 63.7 cm³/mol. The number of unbranched alkanes of at least 4 members (excludes halogenated alkanes) is 2. The van der Waals surface area contributed by atoms with Gasteiger partial charge in [-0.1, -0.05) is 26.2 Å². The van der Waals surface area contributed by atoms with E-state index < -0.39 is 0 Å². The first-order valence-electron chi connectivity index (χ1n) is 5.57. The monoisotopic (exact) mass is 208 g/mol. The van der Waals surface area contributed by atoms with E-state index in [1.807, 2.05) is 0 Å². The first-order chi connectivity index (χ1) is 7.24. The lowest BCUT2D eigenvalue weighted by Crippen LogP contribution is -2.17. The van der Waals surface area contributed by atoms with Gasteiger partial charge in [-0.25, -0.2) is 9.97 Å². The molecule has 0 aliphatic rings. The molecule has 1 rings (SSSR count). The third kappa shape index (κ3) is 4.14. The molecule has 0 aromatic carbocycles. The summed E-state index contributed by atoms with van der Waals surface area (Å²) in [5.41, 5.74) is 5.69. The van der Waals surface area contributed by atoms with Crippen molar-refractivity contribution in [2.24, 2.45) is 0 Å². The zero-order valence-electron chi connectivity index (χ0n) is 9.53. The van der Waals surface area contributed by atoms with Gasteiger partial charge in [-0.3, -0.25) is 0 Å². The molecule has 1 aromatic heterocycles. The van der Waals surface area contributed by atoms with Gasteiger partial charge in [-0.15, -0.1) is 0 Å². The molecule has 4 nitrogen and oxygen atoms in total. The standard InChI is InChI=1S/C11H20N4/c1-3-4-5-6-9(2)15-11-10(12)13-7-8-14-11/h7-9H,3-6H2,1-2H3,(H2,12,13)(H,14,15). The van der Waals surface area contributed by atoms with E-state index in [1.54, 1.807) is 12.4 Å². The van der Waals surface area contributed by atoms with Crippen molar-refractivity contribution in [2.45, 2.75) is 45.6 Å². The summed E-state index contributed by atoms with van der Waals surface area (Å²) in [6.45, 7) is 4.35. The van der Waals surface area contributed by atoms with E-state index >= 15 is 0 Å². The fraction of sp³-hybridized carbons (Fsp3) is 0.636. The minimum Gasteiger partial charge on any atom is -0.381 e. The summed E-state index contributed by atoms with van der Waals surface area (Å²) in [7, 11) is 0. The summed E-state index contributed by atoms with van der Waals surface area (Å²) in [6, 6.07) is 0.399. The molecule has 3 N–H and O–H groups in total. The summed E-state index contributed by atoms with van der Waals surface area (Å²) in [5.74, 6) is 1.17. The highest BCUT2D eigenvalue weighted by Crippen LogP contribution is 2.13. The van der Waals surface area contributed by atoms with Crippen molar-refractivity contribution in [2.75, 3.05) is 11.1 Å². The molecule has 0 aliphatic heterocycles. The van der Waals surface area contributed by atoms with E-state index in [9.17, 15) is 0 Å². The zero-order valence-corrected chi connectivity index (χ0v) is 9.53. The summed E-state index contributed by atoms with van der Waals surface area (Å²) < 4.78 is 0. The minimum absolute atomic E-state index is 0.399. The Morgan fingerprint density at radius 1 is 1.33 bits per heavy atom. The molecular weight excluding hydrogens is 188 g/mol. The molecule has 0 spiro atoms. The fourth-order valence-electron chi connectivity index (χ4n) is 1.47. The van der Waals surface area contributed by atoms with E-state index in [0.717, 1.165) is 6.42 Å². The molecule has 84 valence electrons. The van der Waals surface area contributed by atoms with Gasteiger partial charge in [0.25, 0.3) is 0 Å². The van der Waals surface area contributed by atoms with Crippen molar-refractivity contribution in [3.63, 3.8) is 0 Å². The third-order valence-electron chi connectivity index (χ3n) is 2.35. The Labute approximate surface area is 91.3 Å². The van der Waals surface area contributed by atoms with E-state index in [4.69, 9.17) is 5.73 Å². The molecule has 0 aliphatic carbocycles. The fourth-order valence-corrected chi connectivity index (χ4v) is 1.47.